The number of hydrogen-bond donors (Lipinski definition) is 2. The fourth-order valence-corrected chi connectivity index (χ4v) is 2.63. The molecule has 0 atom stereocenters. The molecule has 5 heteroatoms. The molecule has 0 spiro atoms. The van der Waals surface area contributed by atoms with E-state index >= 15 is 0 Å². The van der Waals surface area contributed by atoms with Crippen LogP contribution >= 0.6 is 0 Å². The second kappa shape index (κ2) is 4.31. The number of benzene rings is 1. The molecule has 1 fully saturated rings. The summed E-state index contributed by atoms with van der Waals surface area (Å²) in [6.07, 6.45) is 1.93. The van der Waals surface area contributed by atoms with Gasteiger partial charge < -0.3 is 10.3 Å². The summed E-state index contributed by atoms with van der Waals surface area (Å²) in [5, 5.41) is 12.2. The molecule has 0 amide bonds. The van der Waals surface area contributed by atoms with Crippen LogP contribution in [0.3, 0.4) is 0 Å². The van der Waals surface area contributed by atoms with Crippen molar-refractivity contribution in [1.29, 1.82) is 5.26 Å². The summed E-state index contributed by atoms with van der Waals surface area (Å²) in [7, 11) is 0. The highest BCUT2D eigenvalue weighted by Crippen LogP contribution is 2.22. The monoisotopic (exact) mass is 242 g/mol. The average Bonchev–Trinajstić information content (AvgIpc) is 2.74. The van der Waals surface area contributed by atoms with E-state index in [0.29, 0.717) is 5.56 Å². The minimum absolute atomic E-state index is 0.0769. The van der Waals surface area contributed by atoms with E-state index in [1.807, 2.05) is 10.6 Å². The third kappa shape index (κ3) is 1.71. The summed E-state index contributed by atoms with van der Waals surface area (Å²) < 4.78 is 1.83. The van der Waals surface area contributed by atoms with Gasteiger partial charge in [-0.1, -0.05) is 0 Å². The number of nitrogens with one attached hydrogen (secondary N) is 2. The molecule has 1 saturated heterocycles. The quantitative estimate of drug-likeness (QED) is 0.787. The number of piperidine rings is 1. The van der Waals surface area contributed by atoms with E-state index < -0.39 is 0 Å². The molecule has 3 rings (SSSR count). The first-order chi connectivity index (χ1) is 8.79. The smallest absolute Gasteiger partial charge is 0.317 e. The largest absolute Gasteiger partial charge is 0.326 e. The number of aromatic nitrogens is 2. The number of hydrogen-bond acceptors (Lipinski definition) is 3. The van der Waals surface area contributed by atoms with Crippen LogP contribution in [0.1, 0.15) is 24.4 Å². The van der Waals surface area contributed by atoms with Crippen LogP contribution in [0.5, 0.6) is 0 Å². The fourth-order valence-electron chi connectivity index (χ4n) is 2.63. The Morgan fingerprint density at radius 3 is 2.83 bits per heavy atom. The number of fused-ring (bicyclic) bond motifs is 1. The van der Waals surface area contributed by atoms with E-state index in [-0.39, 0.29) is 11.7 Å². The first-order valence-corrected chi connectivity index (χ1v) is 6.14. The zero-order valence-corrected chi connectivity index (χ0v) is 9.94. The number of nitriles is 1. The van der Waals surface area contributed by atoms with Crippen LogP contribution in [0, 0.1) is 11.3 Å². The molecule has 1 aromatic carbocycles. The summed E-state index contributed by atoms with van der Waals surface area (Å²) in [6, 6.07) is 7.68. The molecule has 2 N–H and O–H groups in total. The van der Waals surface area contributed by atoms with Gasteiger partial charge in [-0.05, 0) is 44.1 Å². The normalized spacial score (nSPS) is 16.8. The Morgan fingerprint density at radius 2 is 2.11 bits per heavy atom. The maximum absolute atomic E-state index is 12.0. The van der Waals surface area contributed by atoms with Crippen LogP contribution in [0.15, 0.2) is 23.0 Å². The van der Waals surface area contributed by atoms with E-state index in [1.165, 1.54) is 0 Å². The van der Waals surface area contributed by atoms with Crippen molar-refractivity contribution in [3.05, 3.63) is 34.2 Å². The van der Waals surface area contributed by atoms with Gasteiger partial charge in [-0.2, -0.15) is 5.26 Å². The second-order valence-corrected chi connectivity index (χ2v) is 4.63. The van der Waals surface area contributed by atoms with Crippen molar-refractivity contribution in [3.8, 4) is 6.07 Å². The van der Waals surface area contributed by atoms with Crippen LogP contribution in [-0.2, 0) is 0 Å². The number of rotatable bonds is 1. The van der Waals surface area contributed by atoms with E-state index in [1.54, 1.807) is 12.1 Å². The van der Waals surface area contributed by atoms with Crippen molar-refractivity contribution in [2.24, 2.45) is 0 Å². The number of nitrogens with zero attached hydrogens (tertiary/aromatic N) is 2. The van der Waals surface area contributed by atoms with Crippen molar-refractivity contribution in [1.82, 2.24) is 14.9 Å². The molecule has 2 aromatic rings. The third-order valence-corrected chi connectivity index (χ3v) is 3.52. The highest BCUT2D eigenvalue weighted by Gasteiger charge is 2.19. The number of H-pyrrole nitrogens is 1. The Labute approximate surface area is 104 Å². The summed E-state index contributed by atoms with van der Waals surface area (Å²) in [4.78, 5) is 14.9. The van der Waals surface area contributed by atoms with Crippen molar-refractivity contribution in [2.75, 3.05) is 13.1 Å². The van der Waals surface area contributed by atoms with Crippen molar-refractivity contribution < 1.29 is 0 Å². The predicted octanol–water partition coefficient (Wildman–Crippen LogP) is 1.13. The minimum atomic E-state index is -0.0769. The highest BCUT2D eigenvalue weighted by atomic mass is 16.1. The minimum Gasteiger partial charge on any atom is -0.317 e. The van der Waals surface area contributed by atoms with Crippen LogP contribution in [0.2, 0.25) is 0 Å². The standard InChI is InChI=1S/C13H14N4O/c14-8-9-1-2-12-11(7-9)16-13(18)17(12)10-3-5-15-6-4-10/h1-2,7,10,15H,3-6H2,(H,16,18). The molecule has 92 valence electrons. The van der Waals surface area contributed by atoms with Gasteiger partial charge in [0.1, 0.15) is 0 Å². The van der Waals surface area contributed by atoms with Gasteiger partial charge >= 0.3 is 5.69 Å². The maximum atomic E-state index is 12.0. The summed E-state index contributed by atoms with van der Waals surface area (Å²) >= 11 is 0. The summed E-state index contributed by atoms with van der Waals surface area (Å²) in [5.41, 5.74) is 2.14. The Balaban J connectivity index is 2.14. The van der Waals surface area contributed by atoms with Gasteiger partial charge in [0.15, 0.2) is 0 Å². The van der Waals surface area contributed by atoms with Gasteiger partial charge in [0.25, 0.3) is 0 Å². The van der Waals surface area contributed by atoms with Crippen LogP contribution < -0.4 is 11.0 Å². The predicted molar refractivity (Wildman–Crippen MR) is 68.4 cm³/mol. The van der Waals surface area contributed by atoms with Crippen LogP contribution in [0.25, 0.3) is 11.0 Å². The third-order valence-electron chi connectivity index (χ3n) is 3.52. The highest BCUT2D eigenvalue weighted by molar-refractivity contribution is 5.77. The van der Waals surface area contributed by atoms with E-state index in [2.05, 4.69) is 16.4 Å². The molecule has 18 heavy (non-hydrogen) atoms. The molecule has 0 bridgehead atoms. The van der Waals surface area contributed by atoms with Crippen molar-refractivity contribution >= 4 is 11.0 Å². The molecule has 0 radical (unpaired) electrons. The molecule has 1 aromatic heterocycles. The lowest BCUT2D eigenvalue weighted by Crippen LogP contribution is -2.33. The molecule has 0 aliphatic carbocycles. The zero-order valence-electron chi connectivity index (χ0n) is 9.94. The fraction of sp³-hybridized carbons (Fsp3) is 0.385. The molecular formula is C13H14N4O. The number of imidazole rings is 1. The maximum Gasteiger partial charge on any atom is 0.326 e. The van der Waals surface area contributed by atoms with Crippen molar-refractivity contribution in [3.63, 3.8) is 0 Å². The molecule has 0 unspecified atom stereocenters. The van der Waals surface area contributed by atoms with E-state index in [4.69, 9.17) is 5.26 Å². The lowest BCUT2D eigenvalue weighted by atomic mass is 10.1. The topological polar surface area (TPSA) is 73.6 Å². The Kier molecular flexibility index (Phi) is 2.65. The lowest BCUT2D eigenvalue weighted by Gasteiger charge is -2.23. The summed E-state index contributed by atoms with van der Waals surface area (Å²) in [5.74, 6) is 0. The lowest BCUT2D eigenvalue weighted by molar-refractivity contribution is 0.368. The molecule has 5 nitrogen and oxygen atoms in total. The molecule has 1 aliphatic heterocycles. The van der Waals surface area contributed by atoms with Gasteiger partial charge in [0, 0.05) is 6.04 Å². The van der Waals surface area contributed by atoms with Gasteiger partial charge in [-0.15, -0.1) is 0 Å². The Bertz CT molecular complexity index is 670. The van der Waals surface area contributed by atoms with Crippen LogP contribution in [0.4, 0.5) is 0 Å². The van der Waals surface area contributed by atoms with E-state index in [0.717, 1.165) is 37.0 Å². The van der Waals surface area contributed by atoms with Gasteiger partial charge in [-0.25, -0.2) is 4.79 Å². The molecule has 0 saturated carbocycles. The first kappa shape index (κ1) is 11.1. The second-order valence-electron chi connectivity index (χ2n) is 4.63. The molecule has 2 heterocycles. The van der Waals surface area contributed by atoms with Crippen LogP contribution in [-0.4, -0.2) is 22.6 Å². The molecule has 1 aliphatic rings. The Hall–Kier alpha value is -2.06. The summed E-state index contributed by atoms with van der Waals surface area (Å²) in [6.45, 7) is 1.89. The van der Waals surface area contributed by atoms with Gasteiger partial charge in [0.2, 0.25) is 0 Å². The average molecular weight is 242 g/mol. The zero-order chi connectivity index (χ0) is 12.5. The van der Waals surface area contributed by atoms with Gasteiger partial charge in [-0.3, -0.25) is 4.57 Å². The van der Waals surface area contributed by atoms with Crippen molar-refractivity contribution in [2.45, 2.75) is 18.9 Å². The SMILES string of the molecule is N#Cc1ccc2c(c1)[nH]c(=O)n2C1CCNCC1. The number of aromatic amines is 1. The van der Waals surface area contributed by atoms with E-state index in [9.17, 15) is 4.79 Å². The first-order valence-electron chi connectivity index (χ1n) is 6.14. The molecular weight excluding hydrogens is 228 g/mol. The Morgan fingerprint density at radius 1 is 1.33 bits per heavy atom. The van der Waals surface area contributed by atoms with Gasteiger partial charge in [0.05, 0.1) is 22.7 Å².